The zero-order valence-electron chi connectivity index (χ0n) is 17.0. The standard InChI is InChI=1S/C19H25F3N6O2S/c1-2-31(29,30)28-15(11-3-5-12(6-4-11)25-10-19(20,21)22)18-26-14-9-24-17-13(7-8-23-17)16(14)27-18/h7-9,11-12,15,25,28H,2-6,10H2,1H3,(H,23,24)(H,26,27). The predicted octanol–water partition coefficient (Wildman–Crippen LogP) is 3.13. The van der Waals surface area contributed by atoms with Crippen LogP contribution < -0.4 is 10.0 Å². The number of hydrogen-bond donors (Lipinski definition) is 4. The van der Waals surface area contributed by atoms with Crippen LogP contribution in [0.1, 0.15) is 44.5 Å². The maximum atomic E-state index is 12.5. The molecule has 12 heteroatoms. The van der Waals surface area contributed by atoms with Crippen molar-refractivity contribution in [3.8, 4) is 0 Å². The van der Waals surface area contributed by atoms with Crippen LogP contribution in [0.25, 0.3) is 22.1 Å². The number of hydrogen-bond acceptors (Lipinski definition) is 5. The lowest BCUT2D eigenvalue weighted by Crippen LogP contribution is -2.42. The molecular formula is C19H25F3N6O2S. The maximum absolute atomic E-state index is 12.5. The van der Waals surface area contributed by atoms with Gasteiger partial charge in [-0.1, -0.05) is 0 Å². The summed E-state index contributed by atoms with van der Waals surface area (Å²) in [6, 6.07) is 1.04. The molecule has 0 spiro atoms. The zero-order chi connectivity index (χ0) is 22.2. The SMILES string of the molecule is CCS(=O)(=O)NC(c1nc2c(cnc3[nH]ccc32)[nH]1)C1CCC(NCC(F)(F)F)CC1. The molecular weight excluding hydrogens is 433 g/mol. The molecule has 31 heavy (non-hydrogen) atoms. The lowest BCUT2D eigenvalue weighted by atomic mass is 9.81. The monoisotopic (exact) mass is 458 g/mol. The second-order valence-electron chi connectivity index (χ2n) is 7.99. The molecule has 8 nitrogen and oxygen atoms in total. The smallest absolute Gasteiger partial charge is 0.346 e. The summed E-state index contributed by atoms with van der Waals surface area (Å²) in [6.07, 6.45) is 1.40. The Morgan fingerprint density at radius 3 is 2.68 bits per heavy atom. The van der Waals surface area contributed by atoms with E-state index in [0.29, 0.717) is 48.2 Å². The maximum Gasteiger partial charge on any atom is 0.401 e. The molecule has 1 aliphatic carbocycles. The Kier molecular flexibility index (Phi) is 5.97. The van der Waals surface area contributed by atoms with Gasteiger partial charge in [0.05, 0.1) is 30.1 Å². The molecule has 1 unspecified atom stereocenters. The van der Waals surface area contributed by atoms with Crippen molar-refractivity contribution in [2.45, 2.75) is 50.9 Å². The lowest BCUT2D eigenvalue weighted by molar-refractivity contribution is -0.126. The minimum atomic E-state index is -4.25. The van der Waals surface area contributed by atoms with Crippen molar-refractivity contribution in [1.29, 1.82) is 0 Å². The van der Waals surface area contributed by atoms with Crippen LogP contribution in [0.2, 0.25) is 0 Å². The van der Waals surface area contributed by atoms with Gasteiger partial charge in [0.25, 0.3) is 0 Å². The third kappa shape index (κ3) is 5.01. The Morgan fingerprint density at radius 2 is 2.00 bits per heavy atom. The molecule has 0 bridgehead atoms. The summed E-state index contributed by atoms with van der Waals surface area (Å²) < 4.78 is 65.0. The molecule has 3 aromatic rings. The van der Waals surface area contributed by atoms with Gasteiger partial charge in [-0.2, -0.15) is 13.2 Å². The number of nitrogens with zero attached hydrogens (tertiary/aromatic N) is 2. The summed E-state index contributed by atoms with van der Waals surface area (Å²) in [6.45, 7) is 0.542. The van der Waals surface area contributed by atoms with Gasteiger partial charge in [0, 0.05) is 17.6 Å². The topological polar surface area (TPSA) is 116 Å². The fourth-order valence-electron chi connectivity index (χ4n) is 4.21. The number of nitrogens with one attached hydrogen (secondary N) is 4. The molecule has 0 aromatic carbocycles. The Bertz CT molecular complexity index is 1150. The number of fused-ring (bicyclic) bond motifs is 3. The summed E-state index contributed by atoms with van der Waals surface area (Å²) in [5, 5.41) is 3.39. The van der Waals surface area contributed by atoms with Crippen molar-refractivity contribution in [1.82, 2.24) is 30.0 Å². The zero-order valence-corrected chi connectivity index (χ0v) is 17.8. The van der Waals surface area contributed by atoms with Crippen LogP contribution in [0.15, 0.2) is 18.5 Å². The van der Waals surface area contributed by atoms with Crippen molar-refractivity contribution in [2.75, 3.05) is 12.3 Å². The number of H-pyrrole nitrogens is 2. The highest BCUT2D eigenvalue weighted by Crippen LogP contribution is 2.35. The van der Waals surface area contributed by atoms with E-state index in [1.54, 1.807) is 19.3 Å². The van der Waals surface area contributed by atoms with E-state index >= 15 is 0 Å². The lowest BCUT2D eigenvalue weighted by Gasteiger charge is -2.33. The van der Waals surface area contributed by atoms with Gasteiger partial charge in [-0.05, 0) is 44.6 Å². The highest BCUT2D eigenvalue weighted by atomic mass is 32.2. The summed E-state index contributed by atoms with van der Waals surface area (Å²) in [4.78, 5) is 15.2. The molecule has 0 amide bonds. The molecule has 4 rings (SSSR count). The first kappa shape index (κ1) is 22.0. The minimum Gasteiger partial charge on any atom is -0.346 e. The summed E-state index contributed by atoms with van der Waals surface area (Å²) in [7, 11) is -3.52. The molecule has 1 atom stereocenters. The molecule has 0 aliphatic heterocycles. The van der Waals surface area contributed by atoms with Crippen LogP contribution in [0.3, 0.4) is 0 Å². The van der Waals surface area contributed by atoms with Crippen molar-refractivity contribution in [3.05, 3.63) is 24.3 Å². The van der Waals surface area contributed by atoms with Gasteiger partial charge in [-0.25, -0.2) is 23.1 Å². The molecule has 3 aromatic heterocycles. The minimum absolute atomic E-state index is 0.0736. The molecule has 1 aliphatic rings. The van der Waals surface area contributed by atoms with E-state index in [1.165, 1.54) is 0 Å². The van der Waals surface area contributed by atoms with E-state index in [4.69, 9.17) is 0 Å². The molecule has 0 saturated heterocycles. The van der Waals surface area contributed by atoms with Gasteiger partial charge in [-0.15, -0.1) is 0 Å². The van der Waals surface area contributed by atoms with Gasteiger partial charge in [0.2, 0.25) is 10.0 Å². The second-order valence-corrected chi connectivity index (χ2v) is 10.0. The van der Waals surface area contributed by atoms with Crippen LogP contribution in [0.5, 0.6) is 0 Å². The first-order valence-electron chi connectivity index (χ1n) is 10.3. The van der Waals surface area contributed by atoms with Crippen molar-refractivity contribution in [2.24, 2.45) is 5.92 Å². The molecule has 3 heterocycles. The normalized spacial score (nSPS) is 21.7. The summed E-state index contributed by atoms with van der Waals surface area (Å²) >= 11 is 0. The largest absolute Gasteiger partial charge is 0.401 e. The number of alkyl halides is 3. The van der Waals surface area contributed by atoms with E-state index in [9.17, 15) is 21.6 Å². The number of aromatic nitrogens is 4. The van der Waals surface area contributed by atoms with Gasteiger partial charge in [-0.3, -0.25) is 0 Å². The van der Waals surface area contributed by atoms with E-state index in [2.05, 4.69) is 30.0 Å². The van der Waals surface area contributed by atoms with Gasteiger partial charge in [0.1, 0.15) is 17.0 Å². The number of sulfonamides is 1. The van der Waals surface area contributed by atoms with Crippen LogP contribution in [-0.4, -0.2) is 52.9 Å². The molecule has 0 radical (unpaired) electrons. The summed E-state index contributed by atoms with van der Waals surface area (Å²) in [5.74, 6) is 0.338. The molecule has 170 valence electrons. The molecule has 4 N–H and O–H groups in total. The van der Waals surface area contributed by atoms with Crippen molar-refractivity contribution >= 4 is 32.1 Å². The number of imidazole rings is 1. The first-order valence-corrected chi connectivity index (χ1v) is 11.9. The van der Waals surface area contributed by atoms with E-state index < -0.39 is 28.8 Å². The molecule has 1 fully saturated rings. The Morgan fingerprint density at radius 1 is 1.26 bits per heavy atom. The van der Waals surface area contributed by atoms with Crippen LogP contribution in [0.4, 0.5) is 13.2 Å². The number of rotatable bonds is 7. The Labute approximate surface area is 177 Å². The highest BCUT2D eigenvalue weighted by molar-refractivity contribution is 7.89. The van der Waals surface area contributed by atoms with Gasteiger partial charge >= 0.3 is 6.18 Å². The second kappa shape index (κ2) is 8.40. The van der Waals surface area contributed by atoms with Gasteiger partial charge < -0.3 is 15.3 Å². The Balaban J connectivity index is 1.58. The summed E-state index contributed by atoms with van der Waals surface area (Å²) in [5.41, 5.74) is 2.08. The van der Waals surface area contributed by atoms with E-state index in [1.807, 2.05) is 6.07 Å². The Hall–Kier alpha value is -2.18. The van der Waals surface area contributed by atoms with Crippen LogP contribution in [-0.2, 0) is 10.0 Å². The van der Waals surface area contributed by atoms with Gasteiger partial charge in [0.15, 0.2) is 0 Å². The molecule has 1 saturated carbocycles. The van der Waals surface area contributed by atoms with E-state index in [-0.39, 0.29) is 17.7 Å². The quantitative estimate of drug-likeness (QED) is 0.434. The fourth-order valence-corrected chi connectivity index (χ4v) is 5.07. The third-order valence-electron chi connectivity index (χ3n) is 5.87. The fraction of sp³-hybridized carbons (Fsp3) is 0.579. The van der Waals surface area contributed by atoms with E-state index in [0.717, 1.165) is 5.39 Å². The number of pyridine rings is 1. The van der Waals surface area contributed by atoms with Crippen LogP contribution >= 0.6 is 0 Å². The highest BCUT2D eigenvalue weighted by Gasteiger charge is 2.34. The first-order chi connectivity index (χ1) is 14.6. The third-order valence-corrected chi connectivity index (χ3v) is 7.24. The number of aromatic amines is 2. The van der Waals surface area contributed by atoms with Crippen molar-refractivity contribution < 1.29 is 21.6 Å². The average Bonchev–Trinajstić information content (AvgIpc) is 3.36. The number of halogens is 3. The van der Waals surface area contributed by atoms with Crippen LogP contribution in [0, 0.1) is 5.92 Å². The predicted molar refractivity (Wildman–Crippen MR) is 111 cm³/mol. The van der Waals surface area contributed by atoms with Crippen molar-refractivity contribution in [3.63, 3.8) is 0 Å². The average molecular weight is 459 g/mol.